The molecule has 0 saturated carbocycles. The summed E-state index contributed by atoms with van der Waals surface area (Å²) in [6, 6.07) is 36.1. The van der Waals surface area contributed by atoms with Crippen LogP contribution in [0.1, 0.15) is 42.0 Å². The standard InChI is InChI=1S/C34H33N/c1-4-15-30(28-17-8-6-9-18-28)24-31(29-19-10-7-11-20-29)25-35-34-23-14-22-32(26(34)3)33-21-13-12-16-27(33)5-2/h5-14,16-25,35H,2,4,15H2,1,3H3/b30-24+,31-25-. The summed E-state index contributed by atoms with van der Waals surface area (Å²) in [7, 11) is 0. The number of hydrogen-bond acceptors (Lipinski definition) is 1. The lowest BCUT2D eigenvalue weighted by Crippen LogP contribution is -1.96. The molecule has 0 spiro atoms. The summed E-state index contributed by atoms with van der Waals surface area (Å²) in [5.74, 6) is 0. The van der Waals surface area contributed by atoms with Crippen LogP contribution in [0.25, 0.3) is 28.3 Å². The third kappa shape index (κ3) is 5.88. The van der Waals surface area contributed by atoms with Crippen LogP contribution in [-0.2, 0) is 0 Å². The summed E-state index contributed by atoms with van der Waals surface area (Å²) >= 11 is 0. The van der Waals surface area contributed by atoms with Crippen LogP contribution in [0.4, 0.5) is 5.69 Å². The summed E-state index contributed by atoms with van der Waals surface area (Å²) in [6.45, 7) is 8.41. The Kier molecular flexibility index (Phi) is 8.14. The van der Waals surface area contributed by atoms with Crippen LogP contribution in [0, 0.1) is 6.92 Å². The van der Waals surface area contributed by atoms with Crippen molar-refractivity contribution in [2.75, 3.05) is 5.32 Å². The van der Waals surface area contributed by atoms with Gasteiger partial charge in [-0.05, 0) is 70.0 Å². The molecule has 0 aliphatic carbocycles. The van der Waals surface area contributed by atoms with Gasteiger partial charge in [0.05, 0.1) is 0 Å². The largest absolute Gasteiger partial charge is 0.361 e. The van der Waals surface area contributed by atoms with Gasteiger partial charge in [-0.3, -0.25) is 0 Å². The lowest BCUT2D eigenvalue weighted by molar-refractivity contribution is 0.973. The average Bonchev–Trinajstić information content (AvgIpc) is 2.92. The molecule has 0 aliphatic heterocycles. The van der Waals surface area contributed by atoms with Crippen LogP contribution in [0.2, 0.25) is 0 Å². The fourth-order valence-electron chi connectivity index (χ4n) is 4.41. The van der Waals surface area contributed by atoms with Crippen molar-refractivity contribution in [1.29, 1.82) is 0 Å². The van der Waals surface area contributed by atoms with Crippen molar-refractivity contribution in [2.45, 2.75) is 26.7 Å². The highest BCUT2D eigenvalue weighted by atomic mass is 14.8. The Balaban J connectivity index is 1.75. The smallest absolute Gasteiger partial charge is 0.0415 e. The number of hydrogen-bond donors (Lipinski definition) is 1. The normalized spacial score (nSPS) is 11.8. The van der Waals surface area contributed by atoms with E-state index in [1.54, 1.807) is 0 Å². The average molecular weight is 456 g/mol. The van der Waals surface area contributed by atoms with E-state index in [-0.39, 0.29) is 0 Å². The van der Waals surface area contributed by atoms with E-state index in [4.69, 9.17) is 0 Å². The molecule has 4 aromatic rings. The molecule has 4 aromatic carbocycles. The fraction of sp³-hybridized carbons (Fsp3) is 0.118. The van der Waals surface area contributed by atoms with Crippen molar-refractivity contribution in [3.05, 3.63) is 144 Å². The number of benzene rings is 4. The lowest BCUT2D eigenvalue weighted by Gasteiger charge is -2.15. The van der Waals surface area contributed by atoms with Gasteiger partial charge in [0.2, 0.25) is 0 Å². The Labute approximate surface area is 210 Å². The highest BCUT2D eigenvalue weighted by molar-refractivity contribution is 5.86. The molecule has 35 heavy (non-hydrogen) atoms. The van der Waals surface area contributed by atoms with Crippen molar-refractivity contribution >= 4 is 22.9 Å². The Bertz CT molecular complexity index is 1330. The van der Waals surface area contributed by atoms with E-state index in [9.17, 15) is 0 Å². The Morgan fingerprint density at radius 2 is 1.37 bits per heavy atom. The molecule has 1 heteroatoms. The summed E-state index contributed by atoms with van der Waals surface area (Å²) in [5.41, 5.74) is 10.8. The van der Waals surface area contributed by atoms with Gasteiger partial charge in [0.15, 0.2) is 0 Å². The minimum atomic E-state index is 1.03. The van der Waals surface area contributed by atoms with Crippen molar-refractivity contribution in [2.24, 2.45) is 0 Å². The maximum absolute atomic E-state index is 4.00. The predicted molar refractivity (Wildman–Crippen MR) is 154 cm³/mol. The highest BCUT2D eigenvalue weighted by Crippen LogP contribution is 2.32. The number of anilines is 1. The minimum Gasteiger partial charge on any atom is -0.361 e. The molecule has 0 heterocycles. The van der Waals surface area contributed by atoms with E-state index in [1.807, 2.05) is 6.08 Å². The minimum absolute atomic E-state index is 1.03. The molecule has 1 N–H and O–H groups in total. The summed E-state index contributed by atoms with van der Waals surface area (Å²) in [6.07, 6.45) is 8.51. The second kappa shape index (κ2) is 11.9. The summed E-state index contributed by atoms with van der Waals surface area (Å²) in [4.78, 5) is 0. The van der Waals surface area contributed by atoms with Gasteiger partial charge < -0.3 is 5.32 Å². The highest BCUT2D eigenvalue weighted by Gasteiger charge is 2.09. The first-order valence-corrected chi connectivity index (χ1v) is 12.3. The van der Waals surface area contributed by atoms with Crippen LogP contribution >= 0.6 is 0 Å². The van der Waals surface area contributed by atoms with E-state index >= 15 is 0 Å². The second-order valence-corrected chi connectivity index (χ2v) is 8.67. The number of nitrogens with one attached hydrogen (secondary N) is 1. The molecular weight excluding hydrogens is 422 g/mol. The first kappa shape index (κ1) is 24.0. The molecule has 0 unspecified atom stereocenters. The second-order valence-electron chi connectivity index (χ2n) is 8.67. The molecule has 0 aromatic heterocycles. The SMILES string of the molecule is C=Cc1ccccc1-c1cccc(N/C=C(/C=C(\CCC)c2ccccc2)c2ccccc2)c1C. The third-order valence-corrected chi connectivity index (χ3v) is 6.29. The van der Waals surface area contributed by atoms with E-state index in [0.717, 1.165) is 29.7 Å². The van der Waals surface area contributed by atoms with Gasteiger partial charge in [0.1, 0.15) is 0 Å². The van der Waals surface area contributed by atoms with Crippen LogP contribution in [0.5, 0.6) is 0 Å². The van der Waals surface area contributed by atoms with E-state index < -0.39 is 0 Å². The van der Waals surface area contributed by atoms with Crippen LogP contribution in [-0.4, -0.2) is 0 Å². The number of allylic oxidation sites excluding steroid dienone is 3. The van der Waals surface area contributed by atoms with E-state index in [0.29, 0.717) is 0 Å². The van der Waals surface area contributed by atoms with Gasteiger partial charge >= 0.3 is 0 Å². The van der Waals surface area contributed by atoms with Gasteiger partial charge in [0.25, 0.3) is 0 Å². The zero-order valence-corrected chi connectivity index (χ0v) is 20.7. The first-order chi connectivity index (χ1) is 17.2. The fourth-order valence-corrected chi connectivity index (χ4v) is 4.41. The monoisotopic (exact) mass is 455 g/mol. The summed E-state index contributed by atoms with van der Waals surface area (Å²) < 4.78 is 0. The number of rotatable bonds is 9. The van der Waals surface area contributed by atoms with Gasteiger partial charge in [0, 0.05) is 11.9 Å². The first-order valence-electron chi connectivity index (χ1n) is 12.3. The van der Waals surface area contributed by atoms with Crippen molar-refractivity contribution in [1.82, 2.24) is 0 Å². The van der Waals surface area contributed by atoms with Crippen molar-refractivity contribution < 1.29 is 0 Å². The Morgan fingerprint density at radius 3 is 2.06 bits per heavy atom. The molecule has 1 nitrogen and oxygen atoms in total. The zero-order valence-electron chi connectivity index (χ0n) is 20.7. The molecule has 174 valence electrons. The maximum atomic E-state index is 4.00. The quantitative estimate of drug-likeness (QED) is 0.248. The molecule has 0 amide bonds. The predicted octanol–water partition coefficient (Wildman–Crippen LogP) is 9.64. The molecule has 0 atom stereocenters. The molecule has 0 fully saturated rings. The Hall–Kier alpha value is -4.10. The molecule has 0 radical (unpaired) electrons. The van der Waals surface area contributed by atoms with Gasteiger partial charge in [-0.25, -0.2) is 0 Å². The van der Waals surface area contributed by atoms with Gasteiger partial charge in [-0.15, -0.1) is 0 Å². The topological polar surface area (TPSA) is 12.0 Å². The Morgan fingerprint density at radius 1 is 0.743 bits per heavy atom. The third-order valence-electron chi connectivity index (χ3n) is 6.29. The maximum Gasteiger partial charge on any atom is 0.0415 e. The van der Waals surface area contributed by atoms with Crippen molar-refractivity contribution in [3.63, 3.8) is 0 Å². The zero-order chi connectivity index (χ0) is 24.5. The van der Waals surface area contributed by atoms with Crippen LogP contribution in [0.3, 0.4) is 0 Å². The van der Waals surface area contributed by atoms with Crippen molar-refractivity contribution in [3.8, 4) is 11.1 Å². The van der Waals surface area contributed by atoms with Gasteiger partial charge in [-0.1, -0.05) is 123 Å². The van der Waals surface area contributed by atoms with Gasteiger partial charge in [-0.2, -0.15) is 0 Å². The van der Waals surface area contributed by atoms with Crippen LogP contribution in [0.15, 0.2) is 122 Å². The van der Waals surface area contributed by atoms with E-state index in [1.165, 1.54) is 33.4 Å². The lowest BCUT2D eigenvalue weighted by atomic mass is 9.95. The molecule has 0 saturated heterocycles. The van der Waals surface area contributed by atoms with Crippen LogP contribution < -0.4 is 5.32 Å². The molecule has 0 bridgehead atoms. The summed E-state index contributed by atoms with van der Waals surface area (Å²) in [5, 5.41) is 3.63. The molecule has 0 aliphatic rings. The van der Waals surface area contributed by atoms with E-state index in [2.05, 4.69) is 141 Å². The molecule has 4 rings (SSSR count). The molecular formula is C34H33N.